The van der Waals surface area contributed by atoms with Gasteiger partial charge in [0.1, 0.15) is 17.2 Å². The third kappa shape index (κ3) is 3.43. The minimum atomic E-state index is 0. The molecule has 0 bridgehead atoms. The molecule has 0 radical (unpaired) electrons. The Balaban J connectivity index is 0.00000216. The number of hydrogen-bond acceptors (Lipinski definition) is 1. The molecular formula is C28H30IN3. The van der Waals surface area contributed by atoms with Gasteiger partial charge in [-0.25, -0.2) is 0 Å². The average Bonchev–Trinajstić information content (AvgIpc) is 3.18. The first-order valence-corrected chi connectivity index (χ1v) is 11.6. The highest BCUT2D eigenvalue weighted by atomic mass is 127. The molecule has 1 saturated heterocycles. The van der Waals surface area contributed by atoms with Gasteiger partial charge in [-0.15, -0.1) is 0 Å². The van der Waals surface area contributed by atoms with Crippen LogP contribution in [0.15, 0.2) is 66.9 Å². The molecule has 3 aromatic heterocycles. The predicted molar refractivity (Wildman–Crippen MR) is 130 cm³/mol. The molecule has 6 rings (SSSR count). The molecule has 1 aliphatic rings. The molecule has 1 aliphatic heterocycles. The Morgan fingerprint density at radius 3 is 2.34 bits per heavy atom. The van der Waals surface area contributed by atoms with E-state index in [-0.39, 0.29) is 29.4 Å². The van der Waals surface area contributed by atoms with Gasteiger partial charge >= 0.3 is 0 Å². The van der Waals surface area contributed by atoms with E-state index in [0.29, 0.717) is 0 Å². The summed E-state index contributed by atoms with van der Waals surface area (Å²) in [7, 11) is 0. The quantitative estimate of drug-likeness (QED) is 0.237. The lowest BCUT2D eigenvalue weighted by Crippen LogP contribution is -3.00. The van der Waals surface area contributed by atoms with Gasteiger partial charge in [-0.2, -0.15) is 8.80 Å². The van der Waals surface area contributed by atoms with Crippen LogP contribution in [-0.4, -0.2) is 17.5 Å². The lowest BCUT2D eigenvalue weighted by atomic mass is 9.86. The summed E-state index contributed by atoms with van der Waals surface area (Å²) in [6.07, 6.45) is 6.25. The van der Waals surface area contributed by atoms with E-state index in [4.69, 9.17) is 0 Å². The average molecular weight is 535 g/mol. The van der Waals surface area contributed by atoms with E-state index in [0.717, 1.165) is 0 Å². The van der Waals surface area contributed by atoms with Gasteiger partial charge in [0.2, 0.25) is 0 Å². The summed E-state index contributed by atoms with van der Waals surface area (Å²) in [5.41, 5.74) is 7.85. The molecule has 4 heterocycles. The Kier molecular flexibility index (Phi) is 5.31. The summed E-state index contributed by atoms with van der Waals surface area (Å²) < 4.78 is 4.74. The van der Waals surface area contributed by atoms with Gasteiger partial charge in [-0.05, 0) is 78.8 Å². The lowest BCUT2D eigenvalue weighted by Gasteiger charge is -2.28. The monoisotopic (exact) mass is 535 g/mol. The molecule has 3 nitrogen and oxygen atoms in total. The highest BCUT2D eigenvalue weighted by Crippen LogP contribution is 2.29. The van der Waals surface area contributed by atoms with E-state index >= 15 is 0 Å². The molecule has 2 aromatic carbocycles. The summed E-state index contributed by atoms with van der Waals surface area (Å²) in [6.45, 7) is 9.19. The van der Waals surface area contributed by atoms with Gasteiger partial charge in [0, 0.05) is 35.6 Å². The molecule has 0 saturated carbocycles. The number of aromatic nitrogens is 2. The molecule has 0 aliphatic carbocycles. The number of rotatable bonds is 1. The molecule has 32 heavy (non-hydrogen) atoms. The summed E-state index contributed by atoms with van der Waals surface area (Å²) in [6, 6.07) is 22.9. The fourth-order valence-corrected chi connectivity index (χ4v) is 5.17. The maximum absolute atomic E-state index is 2.54. The maximum Gasteiger partial charge on any atom is 0.292 e. The van der Waals surface area contributed by atoms with Crippen molar-refractivity contribution < 1.29 is 28.4 Å². The first-order valence-electron chi connectivity index (χ1n) is 11.6. The van der Waals surface area contributed by atoms with Crippen molar-refractivity contribution in [3.05, 3.63) is 72.4 Å². The van der Waals surface area contributed by atoms with Crippen LogP contribution in [0.2, 0.25) is 0 Å². The minimum Gasteiger partial charge on any atom is -1.00 e. The van der Waals surface area contributed by atoms with Gasteiger partial charge in [-0.1, -0.05) is 26.8 Å². The number of piperidine rings is 1. The molecular weight excluding hydrogens is 505 g/mol. The zero-order valence-electron chi connectivity index (χ0n) is 19.1. The molecule has 0 spiro atoms. The van der Waals surface area contributed by atoms with Crippen molar-refractivity contribution in [2.75, 3.05) is 18.0 Å². The van der Waals surface area contributed by atoms with E-state index < -0.39 is 0 Å². The SMILES string of the molecule is CC(C)(C)c1ccc2c(ccc3c[n+]4c5ccc(N6CCCCC6)cc5ccc4n32)c1.[I-]. The van der Waals surface area contributed by atoms with Gasteiger partial charge < -0.3 is 28.9 Å². The van der Waals surface area contributed by atoms with Crippen LogP contribution in [0.4, 0.5) is 5.69 Å². The maximum atomic E-state index is 2.54. The molecule has 5 aromatic rings. The molecule has 164 valence electrons. The first kappa shape index (κ1) is 21.5. The summed E-state index contributed by atoms with van der Waals surface area (Å²) >= 11 is 0. The standard InChI is InChI=1S/C28H30N3.HI/c1-28(2,3)22-9-12-26-20(17-22)7-10-24-19-30-25-13-11-23(29-15-5-4-6-16-29)18-21(25)8-14-27(30)31(24)26;/h7-14,17-19H,4-6,15-16H2,1-3H3;1H/q+1;/p-1. The number of anilines is 1. The van der Waals surface area contributed by atoms with E-state index in [1.165, 1.54) is 76.6 Å². The number of imidazole rings is 1. The highest BCUT2D eigenvalue weighted by Gasteiger charge is 2.20. The van der Waals surface area contributed by atoms with E-state index in [1.807, 2.05) is 0 Å². The van der Waals surface area contributed by atoms with Crippen LogP contribution in [0.3, 0.4) is 0 Å². The summed E-state index contributed by atoms with van der Waals surface area (Å²) in [4.78, 5) is 2.54. The van der Waals surface area contributed by atoms with Crippen LogP contribution in [-0.2, 0) is 5.41 Å². The normalized spacial score (nSPS) is 15.0. The smallest absolute Gasteiger partial charge is 0.292 e. The summed E-state index contributed by atoms with van der Waals surface area (Å²) in [5.74, 6) is 0. The molecule has 4 heteroatoms. The van der Waals surface area contributed by atoms with E-state index in [1.54, 1.807) is 0 Å². The number of benzene rings is 2. The van der Waals surface area contributed by atoms with Crippen molar-refractivity contribution in [3.8, 4) is 0 Å². The molecule has 0 unspecified atom stereocenters. The van der Waals surface area contributed by atoms with Crippen molar-refractivity contribution in [2.24, 2.45) is 0 Å². The molecule has 0 amide bonds. The number of nitrogens with zero attached hydrogens (tertiary/aromatic N) is 3. The number of pyridine rings is 2. The van der Waals surface area contributed by atoms with Crippen LogP contribution in [0.5, 0.6) is 0 Å². The van der Waals surface area contributed by atoms with Crippen molar-refractivity contribution in [1.29, 1.82) is 0 Å². The second kappa shape index (κ2) is 7.91. The van der Waals surface area contributed by atoms with E-state index in [9.17, 15) is 0 Å². The predicted octanol–water partition coefficient (Wildman–Crippen LogP) is 3.28. The number of hydrogen-bond donors (Lipinski definition) is 0. The van der Waals surface area contributed by atoms with Crippen molar-refractivity contribution in [3.63, 3.8) is 0 Å². The van der Waals surface area contributed by atoms with Crippen LogP contribution < -0.4 is 33.3 Å². The van der Waals surface area contributed by atoms with Gasteiger partial charge in [0.15, 0.2) is 5.52 Å². The zero-order valence-corrected chi connectivity index (χ0v) is 21.3. The third-order valence-corrected chi connectivity index (χ3v) is 6.97. The molecule has 0 N–H and O–H groups in total. The van der Waals surface area contributed by atoms with Crippen LogP contribution in [0, 0.1) is 0 Å². The van der Waals surface area contributed by atoms with Gasteiger partial charge in [-0.3, -0.25) is 0 Å². The second-order valence-electron chi connectivity index (χ2n) is 10.1. The summed E-state index contributed by atoms with van der Waals surface area (Å²) in [5, 5.41) is 2.59. The lowest BCUT2D eigenvalue weighted by molar-refractivity contribution is -0.479. The Labute approximate surface area is 206 Å². The van der Waals surface area contributed by atoms with Gasteiger partial charge in [0.05, 0.1) is 0 Å². The Morgan fingerprint density at radius 2 is 1.56 bits per heavy atom. The minimum absolute atomic E-state index is 0. The van der Waals surface area contributed by atoms with E-state index in [2.05, 4.69) is 101 Å². The van der Waals surface area contributed by atoms with Crippen LogP contribution in [0.1, 0.15) is 45.6 Å². The van der Waals surface area contributed by atoms with Gasteiger partial charge in [0.25, 0.3) is 5.65 Å². The van der Waals surface area contributed by atoms with Crippen molar-refractivity contribution >= 4 is 38.7 Å². The Bertz CT molecular complexity index is 1450. The number of fused-ring (bicyclic) bond motifs is 7. The first-order chi connectivity index (χ1) is 15.0. The molecule has 0 atom stereocenters. The van der Waals surface area contributed by atoms with Crippen LogP contribution in [0.25, 0.3) is 33.0 Å². The fourth-order valence-electron chi connectivity index (χ4n) is 5.17. The second-order valence-corrected chi connectivity index (χ2v) is 10.1. The largest absolute Gasteiger partial charge is 1.00 e. The number of halogens is 1. The van der Waals surface area contributed by atoms with Crippen molar-refractivity contribution in [2.45, 2.75) is 45.4 Å². The topological polar surface area (TPSA) is 11.8 Å². The molecule has 1 fully saturated rings. The third-order valence-electron chi connectivity index (χ3n) is 6.97. The van der Waals surface area contributed by atoms with Crippen molar-refractivity contribution in [1.82, 2.24) is 4.40 Å². The Morgan fingerprint density at radius 1 is 0.781 bits per heavy atom. The Hall–Kier alpha value is -2.34. The van der Waals surface area contributed by atoms with Crippen LogP contribution >= 0.6 is 0 Å². The zero-order chi connectivity index (χ0) is 21.2. The fraction of sp³-hybridized carbons (Fsp3) is 0.321. The highest BCUT2D eigenvalue weighted by molar-refractivity contribution is 5.87.